The third-order valence-corrected chi connectivity index (χ3v) is 16.4. The topological polar surface area (TPSA) is 39.9 Å². The molecule has 13 rings (SSSR count). The van der Waals surface area contributed by atoms with Crippen LogP contribution in [0.4, 0.5) is 28.4 Å². The third kappa shape index (κ3) is 8.22. The number of phenols is 1. The number of anilines is 5. The lowest BCUT2D eigenvalue weighted by molar-refractivity contribution is 0.477. The lowest BCUT2D eigenvalue weighted by Gasteiger charge is -2.30. The van der Waals surface area contributed by atoms with Crippen molar-refractivity contribution in [3.8, 4) is 39.1 Å². The van der Waals surface area contributed by atoms with Crippen LogP contribution in [0.15, 0.2) is 223 Å². The second-order valence-corrected chi connectivity index (χ2v) is 21.9. The van der Waals surface area contributed by atoms with E-state index in [0.29, 0.717) is 18.4 Å². The van der Waals surface area contributed by atoms with Gasteiger partial charge in [0.1, 0.15) is 11.3 Å². The van der Waals surface area contributed by atoms with Crippen LogP contribution >= 0.6 is 0 Å². The van der Waals surface area contributed by atoms with Crippen LogP contribution in [-0.4, -0.2) is 5.11 Å². The Kier molecular flexibility index (Phi) is 12.1. The molecule has 380 valence electrons. The van der Waals surface area contributed by atoms with Gasteiger partial charge in [-0.25, -0.2) is 0 Å². The van der Waals surface area contributed by atoms with E-state index in [9.17, 15) is 5.11 Å². The molecule has 0 fully saturated rings. The summed E-state index contributed by atoms with van der Waals surface area (Å²) in [5, 5.41) is 21.9. The molecular weight excluding hydrogens is 949 g/mol. The average Bonchev–Trinajstić information content (AvgIpc) is 4.03. The first-order chi connectivity index (χ1) is 38.0. The Hall–Kier alpha value is -9.12. The highest BCUT2D eigenvalue weighted by atomic mass is 16.3. The predicted molar refractivity (Wildman–Crippen MR) is 331 cm³/mol. The molecule has 0 atom stereocenters. The van der Waals surface area contributed by atoms with Crippen LogP contribution in [0.5, 0.6) is 5.75 Å². The first-order valence-electron chi connectivity index (χ1n) is 27.5. The van der Waals surface area contributed by atoms with E-state index in [2.05, 4.69) is 271 Å². The Morgan fingerprint density at radius 3 is 1.63 bits per heavy atom. The minimum absolute atomic E-state index is 0.243. The van der Waals surface area contributed by atoms with Crippen molar-refractivity contribution < 1.29 is 9.52 Å². The van der Waals surface area contributed by atoms with Crippen LogP contribution in [0.25, 0.3) is 87.6 Å². The fourth-order valence-electron chi connectivity index (χ4n) is 12.3. The van der Waals surface area contributed by atoms with Gasteiger partial charge in [0.15, 0.2) is 5.58 Å². The summed E-state index contributed by atoms with van der Waals surface area (Å²) in [6.07, 6.45) is 0. The van der Waals surface area contributed by atoms with Gasteiger partial charge in [0.25, 0.3) is 0 Å². The van der Waals surface area contributed by atoms with E-state index in [0.717, 1.165) is 99.7 Å². The van der Waals surface area contributed by atoms with E-state index in [4.69, 9.17) is 4.42 Å². The van der Waals surface area contributed by atoms with Gasteiger partial charge < -0.3 is 19.3 Å². The van der Waals surface area contributed by atoms with Crippen molar-refractivity contribution in [2.24, 2.45) is 0 Å². The molecule has 0 saturated heterocycles. The number of benzene rings is 12. The van der Waals surface area contributed by atoms with E-state index in [1.807, 2.05) is 6.07 Å². The number of furan rings is 1. The molecule has 0 spiro atoms. The first kappa shape index (κ1) is 48.5. The Morgan fingerprint density at radius 2 is 0.936 bits per heavy atom. The van der Waals surface area contributed by atoms with Crippen molar-refractivity contribution in [3.63, 3.8) is 0 Å². The van der Waals surface area contributed by atoms with Gasteiger partial charge in [-0.05, 0) is 152 Å². The molecule has 4 nitrogen and oxygen atoms in total. The first-order valence-corrected chi connectivity index (χ1v) is 27.5. The van der Waals surface area contributed by atoms with Crippen molar-refractivity contribution in [3.05, 3.63) is 252 Å². The summed E-state index contributed by atoms with van der Waals surface area (Å²) in [7, 11) is 0. The molecule has 0 aliphatic carbocycles. The van der Waals surface area contributed by atoms with E-state index in [1.54, 1.807) is 0 Å². The number of para-hydroxylation sites is 3. The molecule has 0 aliphatic heterocycles. The maximum Gasteiger partial charge on any atom is 0.159 e. The number of nitrogens with zero attached hydrogens (tertiary/aromatic N) is 2. The van der Waals surface area contributed by atoms with Crippen LogP contribution < -0.4 is 9.80 Å². The predicted octanol–water partition coefficient (Wildman–Crippen LogP) is 21.2. The maximum absolute atomic E-state index is 12.8. The summed E-state index contributed by atoms with van der Waals surface area (Å²) in [5.74, 6) is 1.04. The smallest absolute Gasteiger partial charge is 0.159 e. The molecule has 1 aromatic heterocycles. The summed E-state index contributed by atoms with van der Waals surface area (Å²) in [6.45, 7) is 16.0. The number of phenolic OH excluding ortho intramolecular Hbond substituents is 1. The van der Waals surface area contributed by atoms with Crippen LogP contribution in [0, 0.1) is 20.8 Å². The van der Waals surface area contributed by atoms with Gasteiger partial charge in [0, 0.05) is 50.6 Å². The molecule has 4 heteroatoms. The van der Waals surface area contributed by atoms with Crippen LogP contribution in [0.3, 0.4) is 0 Å². The Bertz CT molecular complexity index is 4390. The molecule has 1 N–H and O–H groups in total. The molecule has 0 amide bonds. The maximum atomic E-state index is 12.8. The van der Waals surface area contributed by atoms with Crippen LogP contribution in [0.2, 0.25) is 0 Å². The number of rotatable bonds is 12. The Balaban J connectivity index is 1.01. The standard InChI is InChI=1S/C74H62N2O2/c1-45(2)51-29-27-50(28-30-51)44-75(67-25-13-21-59(72(67)77)55-18-11-19-56(43-55)69-48(6)16-10-17-49(69)7)65-41-35-53-34-40-64-66(42-36-54-33-39-63(65)70(53)71(54)64)76(57-37-31-52(32-38-57)46(3)4)68-26-14-24-62-61-23-12-22-60(73(61)78-74(62)68)58-20-9-8-15-47(58)5/h8-43,45-46,77H,44H2,1-7H3. The third-order valence-electron chi connectivity index (χ3n) is 16.4. The van der Waals surface area contributed by atoms with Crippen LogP contribution in [0.1, 0.15) is 72.9 Å². The average molecular weight is 1010 g/mol. The highest BCUT2D eigenvalue weighted by Crippen LogP contribution is 2.51. The van der Waals surface area contributed by atoms with Gasteiger partial charge in [-0.1, -0.05) is 204 Å². The van der Waals surface area contributed by atoms with Gasteiger partial charge >= 0.3 is 0 Å². The minimum Gasteiger partial charge on any atom is -0.505 e. The molecule has 13 aromatic rings. The largest absolute Gasteiger partial charge is 0.505 e. The number of fused-ring (bicyclic) bond motifs is 3. The number of aryl methyl sites for hydroxylation is 3. The molecule has 12 aromatic carbocycles. The minimum atomic E-state index is 0.243. The van der Waals surface area contributed by atoms with Gasteiger partial charge in [0.05, 0.1) is 17.1 Å². The summed E-state index contributed by atoms with van der Waals surface area (Å²) in [6, 6.07) is 79.1. The molecule has 1 heterocycles. The number of hydrogen-bond donors (Lipinski definition) is 1. The SMILES string of the molecule is Cc1ccccc1-c1cccc2c1oc1c(N(c3ccc(C(C)C)cc3)c3ccc4ccc5c(N(Cc6ccc(C(C)C)cc6)c6cccc(-c7cccc(-c8c(C)cccc8C)c7)c6O)ccc6ccc3c4c65)cccc12. The van der Waals surface area contributed by atoms with Crippen molar-refractivity contribution in [2.45, 2.75) is 66.8 Å². The van der Waals surface area contributed by atoms with Crippen molar-refractivity contribution in [1.29, 1.82) is 0 Å². The molecular formula is C74H62N2O2. The second kappa shape index (κ2) is 19.5. The Morgan fingerprint density at radius 1 is 0.410 bits per heavy atom. The zero-order chi connectivity index (χ0) is 53.3. The zero-order valence-electron chi connectivity index (χ0n) is 45.4. The van der Waals surface area contributed by atoms with Crippen molar-refractivity contribution in [1.82, 2.24) is 0 Å². The number of aromatic hydroxyl groups is 1. The lowest BCUT2D eigenvalue weighted by Crippen LogP contribution is -2.17. The second-order valence-electron chi connectivity index (χ2n) is 21.9. The van der Waals surface area contributed by atoms with Crippen molar-refractivity contribution >= 4 is 82.7 Å². The monoisotopic (exact) mass is 1010 g/mol. The molecule has 0 aliphatic rings. The normalized spacial score (nSPS) is 11.9. The van der Waals surface area contributed by atoms with E-state index in [1.165, 1.54) is 49.7 Å². The fraction of sp³-hybridized carbons (Fsp3) is 0.135. The lowest BCUT2D eigenvalue weighted by atomic mass is 9.91. The summed E-state index contributed by atoms with van der Waals surface area (Å²) >= 11 is 0. The highest BCUT2D eigenvalue weighted by Gasteiger charge is 2.26. The molecule has 0 saturated carbocycles. The quantitative estimate of drug-likeness (QED) is 0.124. The van der Waals surface area contributed by atoms with Gasteiger partial charge in [-0.3, -0.25) is 0 Å². The summed E-state index contributed by atoms with van der Waals surface area (Å²) in [4.78, 5) is 4.72. The van der Waals surface area contributed by atoms with E-state index >= 15 is 0 Å². The summed E-state index contributed by atoms with van der Waals surface area (Å²) in [5.41, 5.74) is 20.3. The molecule has 78 heavy (non-hydrogen) atoms. The van der Waals surface area contributed by atoms with Crippen molar-refractivity contribution in [2.75, 3.05) is 9.80 Å². The van der Waals surface area contributed by atoms with Gasteiger partial charge in [0.2, 0.25) is 0 Å². The van der Waals surface area contributed by atoms with Gasteiger partial charge in [-0.15, -0.1) is 0 Å². The molecule has 0 radical (unpaired) electrons. The molecule has 0 bridgehead atoms. The van der Waals surface area contributed by atoms with E-state index < -0.39 is 0 Å². The Labute approximate surface area is 457 Å². The van der Waals surface area contributed by atoms with E-state index in [-0.39, 0.29) is 5.75 Å². The zero-order valence-corrected chi connectivity index (χ0v) is 45.4. The molecule has 0 unspecified atom stereocenters. The number of hydrogen-bond acceptors (Lipinski definition) is 4. The fourth-order valence-corrected chi connectivity index (χ4v) is 12.3. The van der Waals surface area contributed by atoms with Gasteiger partial charge in [-0.2, -0.15) is 0 Å². The highest BCUT2D eigenvalue weighted by molar-refractivity contribution is 6.28. The summed E-state index contributed by atoms with van der Waals surface area (Å²) < 4.78 is 7.20. The van der Waals surface area contributed by atoms with Crippen LogP contribution in [-0.2, 0) is 6.54 Å².